The van der Waals surface area contributed by atoms with E-state index in [-0.39, 0.29) is 24.0 Å². The van der Waals surface area contributed by atoms with Crippen LogP contribution in [-0.2, 0) is 14.3 Å². The summed E-state index contributed by atoms with van der Waals surface area (Å²) in [7, 11) is 1.42. The highest BCUT2D eigenvalue weighted by atomic mass is 16.6. The minimum atomic E-state index is -0.854. The molecule has 3 rings (SSSR count). The number of carbonyl (C=O) groups is 2. The zero-order chi connectivity index (χ0) is 25.1. The molecule has 5 heteroatoms. The van der Waals surface area contributed by atoms with E-state index in [9.17, 15) is 9.59 Å². The number of fused-ring (bicyclic) bond motifs is 1. The molecular weight excluding hydrogens is 438 g/mol. The number of aryl methyl sites for hydroxylation is 1. The zero-order valence-electron chi connectivity index (χ0n) is 21.9. The van der Waals surface area contributed by atoms with Crippen LogP contribution in [0.4, 0.5) is 4.79 Å². The highest BCUT2D eigenvalue weighted by molar-refractivity contribution is 5.71. The molecule has 1 saturated carbocycles. The predicted octanol–water partition coefficient (Wildman–Crippen LogP) is 6.80. The van der Waals surface area contributed by atoms with Gasteiger partial charge in [-0.2, -0.15) is 0 Å². The molecule has 0 N–H and O–H groups in total. The SMILES string of the molecule is CCCCCCCCCCC(=O)O[C@@]1(C#Cc2cccc(C)c2)CCC[C@@H]2[C@H]1CCN2C(=O)OC. The highest BCUT2D eigenvalue weighted by Crippen LogP contribution is 2.45. The van der Waals surface area contributed by atoms with Crippen LogP contribution in [0.15, 0.2) is 24.3 Å². The lowest BCUT2D eigenvalue weighted by molar-refractivity contribution is -0.162. The van der Waals surface area contributed by atoms with Crippen molar-refractivity contribution in [3.63, 3.8) is 0 Å². The molecule has 0 bridgehead atoms. The van der Waals surface area contributed by atoms with E-state index < -0.39 is 5.60 Å². The quantitative estimate of drug-likeness (QED) is 0.209. The standard InChI is InChI=1S/C30H43NO4/c1-4-5-6-7-8-9-10-11-17-28(32)35-30(21-18-25-15-12-14-24(2)23-25)20-13-16-27-26(30)19-22-31(27)29(33)34-3/h12,14-15,23,26-27H,4-11,13,16-17,19-20,22H2,1-3H3/t26-,27-,30-/m1/s1. The summed E-state index contributed by atoms with van der Waals surface area (Å²) in [6.45, 7) is 4.90. The monoisotopic (exact) mass is 481 g/mol. The number of nitrogens with zero attached hydrogens (tertiary/aromatic N) is 1. The molecule has 1 aliphatic carbocycles. The van der Waals surface area contributed by atoms with E-state index in [1.165, 1.54) is 45.6 Å². The Morgan fingerprint density at radius 3 is 2.54 bits per heavy atom. The summed E-state index contributed by atoms with van der Waals surface area (Å²) in [5.41, 5.74) is 1.22. The number of hydrogen-bond donors (Lipinski definition) is 0. The Labute approximate surface area is 211 Å². The van der Waals surface area contributed by atoms with Crippen LogP contribution >= 0.6 is 0 Å². The first kappa shape index (κ1) is 27.1. The molecule has 0 unspecified atom stereocenters. The number of unbranched alkanes of at least 4 members (excludes halogenated alkanes) is 7. The van der Waals surface area contributed by atoms with Crippen LogP contribution in [0, 0.1) is 24.7 Å². The fourth-order valence-corrected chi connectivity index (χ4v) is 5.72. The topological polar surface area (TPSA) is 55.8 Å². The van der Waals surface area contributed by atoms with Crippen LogP contribution in [0.5, 0.6) is 0 Å². The van der Waals surface area contributed by atoms with Gasteiger partial charge >= 0.3 is 12.1 Å². The number of carbonyl (C=O) groups excluding carboxylic acids is 2. The third-order valence-corrected chi connectivity index (χ3v) is 7.57. The summed E-state index contributed by atoms with van der Waals surface area (Å²) in [4.78, 5) is 27.2. The average molecular weight is 482 g/mol. The number of ether oxygens (including phenoxy) is 2. The van der Waals surface area contributed by atoms with E-state index in [1.54, 1.807) is 4.90 Å². The van der Waals surface area contributed by atoms with Gasteiger partial charge in [0.1, 0.15) is 0 Å². The minimum absolute atomic E-state index is 0.000991. The second-order valence-corrected chi connectivity index (χ2v) is 10.2. The molecule has 5 nitrogen and oxygen atoms in total. The van der Waals surface area contributed by atoms with Gasteiger partial charge in [-0.15, -0.1) is 0 Å². The Bertz CT molecular complexity index is 901. The first-order valence-electron chi connectivity index (χ1n) is 13.7. The molecule has 1 saturated heterocycles. The summed E-state index contributed by atoms with van der Waals surface area (Å²) >= 11 is 0. The van der Waals surface area contributed by atoms with E-state index in [4.69, 9.17) is 9.47 Å². The van der Waals surface area contributed by atoms with E-state index in [1.807, 2.05) is 25.1 Å². The van der Waals surface area contributed by atoms with Gasteiger partial charge in [0.2, 0.25) is 0 Å². The maximum absolute atomic E-state index is 13.0. The van der Waals surface area contributed by atoms with Crippen LogP contribution in [0.25, 0.3) is 0 Å². The number of amides is 1. The Kier molecular flexibility index (Phi) is 10.5. The molecule has 192 valence electrons. The molecule has 2 aliphatic rings. The number of benzene rings is 1. The molecule has 2 fully saturated rings. The zero-order valence-corrected chi connectivity index (χ0v) is 21.9. The molecular formula is C30H43NO4. The first-order chi connectivity index (χ1) is 17.0. The fraction of sp³-hybridized carbons (Fsp3) is 0.667. The van der Waals surface area contributed by atoms with Crippen molar-refractivity contribution in [3.8, 4) is 11.8 Å². The smallest absolute Gasteiger partial charge is 0.409 e. The molecule has 1 heterocycles. The second-order valence-electron chi connectivity index (χ2n) is 10.2. The van der Waals surface area contributed by atoms with Gasteiger partial charge in [-0.25, -0.2) is 4.79 Å². The van der Waals surface area contributed by atoms with Crippen molar-refractivity contribution in [2.45, 2.75) is 109 Å². The third-order valence-electron chi connectivity index (χ3n) is 7.57. The van der Waals surface area contributed by atoms with Crippen molar-refractivity contribution in [2.24, 2.45) is 5.92 Å². The number of hydrogen-bond acceptors (Lipinski definition) is 4. The van der Waals surface area contributed by atoms with Crippen molar-refractivity contribution >= 4 is 12.1 Å². The molecule has 0 spiro atoms. The molecule has 1 aliphatic heterocycles. The van der Waals surface area contributed by atoms with Gasteiger partial charge in [0.05, 0.1) is 7.11 Å². The lowest BCUT2D eigenvalue weighted by Gasteiger charge is -2.42. The number of likely N-dealkylation sites (tertiary alicyclic amines) is 1. The number of esters is 1. The van der Waals surface area contributed by atoms with Gasteiger partial charge in [0.15, 0.2) is 5.60 Å². The van der Waals surface area contributed by atoms with Gasteiger partial charge in [-0.3, -0.25) is 4.79 Å². The minimum Gasteiger partial charge on any atom is -0.453 e. The van der Waals surface area contributed by atoms with Gasteiger partial charge in [0, 0.05) is 30.5 Å². The second kappa shape index (κ2) is 13.6. The van der Waals surface area contributed by atoms with E-state index in [0.29, 0.717) is 19.4 Å². The lowest BCUT2D eigenvalue weighted by Crippen LogP contribution is -2.51. The maximum atomic E-state index is 13.0. The highest BCUT2D eigenvalue weighted by Gasteiger charge is 2.53. The summed E-state index contributed by atoms with van der Waals surface area (Å²) in [6.07, 6.45) is 12.9. The third kappa shape index (κ3) is 7.50. The van der Waals surface area contributed by atoms with Gasteiger partial charge in [0.25, 0.3) is 0 Å². The molecule has 0 aromatic heterocycles. The number of methoxy groups -OCH3 is 1. The van der Waals surface area contributed by atoms with E-state index in [0.717, 1.165) is 43.2 Å². The summed E-state index contributed by atoms with van der Waals surface area (Å²) in [5.74, 6) is 6.58. The summed E-state index contributed by atoms with van der Waals surface area (Å²) < 4.78 is 11.3. The van der Waals surface area contributed by atoms with Crippen molar-refractivity contribution in [2.75, 3.05) is 13.7 Å². The predicted molar refractivity (Wildman–Crippen MR) is 139 cm³/mol. The summed E-state index contributed by atoms with van der Waals surface area (Å²) in [5, 5.41) is 0. The van der Waals surface area contributed by atoms with Crippen molar-refractivity contribution in [1.29, 1.82) is 0 Å². The Morgan fingerprint density at radius 1 is 1.09 bits per heavy atom. The fourth-order valence-electron chi connectivity index (χ4n) is 5.72. The average Bonchev–Trinajstić information content (AvgIpc) is 3.30. The van der Waals surface area contributed by atoms with Crippen LogP contribution in [0.1, 0.15) is 102 Å². The van der Waals surface area contributed by atoms with E-state index >= 15 is 0 Å². The Hall–Kier alpha value is -2.48. The lowest BCUT2D eigenvalue weighted by atomic mass is 9.72. The van der Waals surface area contributed by atoms with Crippen LogP contribution in [0.2, 0.25) is 0 Å². The first-order valence-corrected chi connectivity index (χ1v) is 13.7. The van der Waals surface area contributed by atoms with Gasteiger partial charge < -0.3 is 14.4 Å². The summed E-state index contributed by atoms with van der Waals surface area (Å²) in [6, 6.07) is 8.09. The van der Waals surface area contributed by atoms with E-state index in [2.05, 4.69) is 24.8 Å². The molecule has 3 atom stereocenters. The molecule has 1 aromatic carbocycles. The van der Waals surface area contributed by atoms with Gasteiger partial charge in [-0.05, 0) is 62.6 Å². The van der Waals surface area contributed by atoms with Crippen LogP contribution < -0.4 is 0 Å². The molecule has 1 aromatic rings. The van der Waals surface area contributed by atoms with Gasteiger partial charge in [-0.1, -0.05) is 69.9 Å². The Morgan fingerprint density at radius 2 is 1.83 bits per heavy atom. The maximum Gasteiger partial charge on any atom is 0.409 e. The normalized spacial score (nSPS) is 23.2. The number of rotatable bonds is 10. The largest absolute Gasteiger partial charge is 0.453 e. The van der Waals surface area contributed by atoms with Crippen molar-refractivity contribution in [3.05, 3.63) is 35.4 Å². The van der Waals surface area contributed by atoms with Crippen molar-refractivity contribution in [1.82, 2.24) is 4.90 Å². The van der Waals surface area contributed by atoms with Crippen molar-refractivity contribution < 1.29 is 19.1 Å². The molecule has 0 radical (unpaired) electrons. The van der Waals surface area contributed by atoms with Crippen LogP contribution in [-0.4, -0.2) is 42.3 Å². The molecule has 1 amide bonds. The molecule has 35 heavy (non-hydrogen) atoms. The van der Waals surface area contributed by atoms with Crippen LogP contribution in [0.3, 0.4) is 0 Å². The Balaban J connectivity index is 1.68.